The Hall–Kier alpha value is -0.300. The monoisotopic (exact) mass is 170 g/mol. The molecule has 42 valence electrons. The fourth-order valence-electron chi connectivity index (χ4n) is 0.836. The average molecular weight is 171 g/mol. The van der Waals surface area contributed by atoms with E-state index in [4.69, 9.17) is 0 Å². The largest absolute Gasteiger partial charge is 0.114 e. The summed E-state index contributed by atoms with van der Waals surface area (Å²) < 4.78 is 0. The van der Waals surface area contributed by atoms with E-state index < -0.39 is 0 Å². The van der Waals surface area contributed by atoms with Crippen LogP contribution >= 0.6 is 17.0 Å². The van der Waals surface area contributed by atoms with Crippen molar-refractivity contribution in [2.45, 2.75) is 6.42 Å². The zero-order valence-electron chi connectivity index (χ0n) is 4.42. The van der Waals surface area contributed by atoms with Crippen molar-refractivity contribution in [3.05, 3.63) is 35.4 Å². The lowest BCUT2D eigenvalue weighted by Crippen LogP contribution is -1.48. The molecule has 1 aromatic rings. The average Bonchev–Trinajstić information content (AvgIpc) is 2.41. The van der Waals surface area contributed by atoms with Gasteiger partial charge in [0.2, 0.25) is 0 Å². The van der Waals surface area contributed by atoms with E-state index in [2.05, 4.69) is 24.3 Å². The third-order valence-corrected chi connectivity index (χ3v) is 1.37. The molecule has 0 nitrogen and oxygen atoms in total. The number of halogens is 1. The lowest BCUT2D eigenvalue weighted by Gasteiger charge is -1.69. The highest BCUT2D eigenvalue weighted by Gasteiger charge is 2.12. The zero-order chi connectivity index (χ0) is 4.69. The van der Waals surface area contributed by atoms with Gasteiger partial charge in [-0.3, -0.25) is 0 Å². The van der Waals surface area contributed by atoms with E-state index in [1.165, 1.54) is 17.5 Å². The van der Waals surface area contributed by atoms with Crippen LogP contribution in [0, 0.1) is 0 Å². The van der Waals surface area contributed by atoms with E-state index in [1.54, 1.807) is 0 Å². The molecule has 0 aromatic heterocycles. The summed E-state index contributed by atoms with van der Waals surface area (Å²) in [6.45, 7) is 0. The molecule has 2 rings (SSSR count). The van der Waals surface area contributed by atoms with Crippen molar-refractivity contribution >= 4 is 17.0 Å². The van der Waals surface area contributed by atoms with Crippen molar-refractivity contribution in [1.82, 2.24) is 0 Å². The number of hydrogen-bond donors (Lipinski definition) is 0. The molecule has 0 fully saturated rings. The second-order valence-corrected chi connectivity index (χ2v) is 1.95. The summed E-state index contributed by atoms with van der Waals surface area (Å²) in [4.78, 5) is 0. The topological polar surface area (TPSA) is 0 Å². The van der Waals surface area contributed by atoms with Crippen LogP contribution in [0.25, 0.3) is 0 Å². The standard InChI is InChI=1S/C7H6.BrH/c1-2-4-7-5-6(7)3-1;/h1-4H,5H2;1H. The van der Waals surface area contributed by atoms with Crippen molar-refractivity contribution in [2.24, 2.45) is 0 Å². The highest BCUT2D eigenvalue weighted by Crippen LogP contribution is 2.25. The van der Waals surface area contributed by atoms with E-state index in [0.29, 0.717) is 0 Å². The predicted molar refractivity (Wildman–Crippen MR) is 39.6 cm³/mol. The van der Waals surface area contributed by atoms with Crippen LogP contribution in [0.15, 0.2) is 24.3 Å². The molecular weight excluding hydrogens is 164 g/mol. The molecule has 0 saturated carbocycles. The summed E-state index contributed by atoms with van der Waals surface area (Å²) in [5.41, 5.74) is 3.06. The smallest absolute Gasteiger partial charge is 0.00201 e. The maximum absolute atomic E-state index is 2.18. The second kappa shape index (κ2) is 1.90. The summed E-state index contributed by atoms with van der Waals surface area (Å²) in [6, 6.07) is 8.53. The van der Waals surface area contributed by atoms with Crippen LogP contribution in [0.1, 0.15) is 11.1 Å². The van der Waals surface area contributed by atoms with Crippen molar-refractivity contribution in [3.8, 4) is 0 Å². The summed E-state index contributed by atoms with van der Waals surface area (Å²) in [7, 11) is 0. The minimum atomic E-state index is 0. The van der Waals surface area contributed by atoms with Gasteiger partial charge in [-0.05, 0) is 17.5 Å². The fourth-order valence-corrected chi connectivity index (χ4v) is 0.836. The first-order chi connectivity index (χ1) is 3.47. The molecule has 1 aliphatic rings. The molecule has 0 radical (unpaired) electrons. The lowest BCUT2D eigenvalue weighted by molar-refractivity contribution is 1.61. The van der Waals surface area contributed by atoms with E-state index in [0.717, 1.165) is 0 Å². The summed E-state index contributed by atoms with van der Waals surface area (Å²) >= 11 is 0. The molecule has 1 aromatic carbocycles. The van der Waals surface area contributed by atoms with E-state index in [1.807, 2.05) is 0 Å². The molecule has 1 aliphatic carbocycles. The third-order valence-electron chi connectivity index (χ3n) is 1.37. The van der Waals surface area contributed by atoms with E-state index in [9.17, 15) is 0 Å². The normalized spacial score (nSPS) is 11.5. The molecule has 0 bridgehead atoms. The SMILES string of the molecule is Br.c1ccc2c(c1)C2. The van der Waals surface area contributed by atoms with Gasteiger partial charge in [-0.15, -0.1) is 17.0 Å². The van der Waals surface area contributed by atoms with Crippen LogP contribution in [0.4, 0.5) is 0 Å². The minimum Gasteiger partial charge on any atom is -0.114 e. The van der Waals surface area contributed by atoms with Gasteiger partial charge in [0, 0.05) is 0 Å². The van der Waals surface area contributed by atoms with Gasteiger partial charge >= 0.3 is 0 Å². The van der Waals surface area contributed by atoms with Gasteiger partial charge in [-0.2, -0.15) is 0 Å². The van der Waals surface area contributed by atoms with E-state index in [-0.39, 0.29) is 17.0 Å². The first-order valence-corrected chi connectivity index (χ1v) is 2.53. The fraction of sp³-hybridized carbons (Fsp3) is 0.143. The number of hydrogen-bond acceptors (Lipinski definition) is 0. The molecule has 0 amide bonds. The number of fused-ring (bicyclic) bond motifs is 1. The molecule has 8 heavy (non-hydrogen) atoms. The van der Waals surface area contributed by atoms with Gasteiger partial charge in [-0.25, -0.2) is 0 Å². The molecular formula is C7H7Br. The van der Waals surface area contributed by atoms with Crippen LogP contribution in [0.5, 0.6) is 0 Å². The Labute approximate surface area is 59.3 Å². The highest BCUT2D eigenvalue weighted by atomic mass is 79.9. The Bertz CT molecular complexity index is 172. The molecule has 0 spiro atoms. The van der Waals surface area contributed by atoms with Gasteiger partial charge in [0.1, 0.15) is 0 Å². The quantitative estimate of drug-likeness (QED) is 0.569. The Morgan fingerprint density at radius 2 is 1.50 bits per heavy atom. The van der Waals surface area contributed by atoms with Crippen LogP contribution in [-0.4, -0.2) is 0 Å². The molecule has 0 saturated heterocycles. The van der Waals surface area contributed by atoms with Crippen LogP contribution in [0.2, 0.25) is 0 Å². The van der Waals surface area contributed by atoms with Gasteiger partial charge in [-0.1, -0.05) is 24.3 Å². The maximum Gasteiger partial charge on any atom is -0.00201 e. The molecule has 0 aliphatic heterocycles. The number of rotatable bonds is 0. The molecule has 0 atom stereocenters. The molecule has 1 heteroatoms. The van der Waals surface area contributed by atoms with Crippen molar-refractivity contribution in [3.63, 3.8) is 0 Å². The second-order valence-electron chi connectivity index (χ2n) is 1.95. The van der Waals surface area contributed by atoms with Crippen molar-refractivity contribution in [2.75, 3.05) is 0 Å². The highest BCUT2D eigenvalue weighted by molar-refractivity contribution is 8.93. The lowest BCUT2D eigenvalue weighted by atomic mass is 10.4. The minimum absolute atomic E-state index is 0. The van der Waals surface area contributed by atoms with Crippen molar-refractivity contribution in [1.29, 1.82) is 0 Å². The van der Waals surface area contributed by atoms with Gasteiger partial charge in [0.25, 0.3) is 0 Å². The van der Waals surface area contributed by atoms with Crippen molar-refractivity contribution < 1.29 is 0 Å². The zero-order valence-corrected chi connectivity index (χ0v) is 6.14. The van der Waals surface area contributed by atoms with Crippen LogP contribution < -0.4 is 0 Å². The Morgan fingerprint density at radius 3 is 1.88 bits per heavy atom. The Balaban J connectivity index is 0.000000320. The molecule has 0 N–H and O–H groups in total. The first-order valence-electron chi connectivity index (χ1n) is 2.53. The number of benzene rings is 1. The first kappa shape index (κ1) is 5.83. The van der Waals surface area contributed by atoms with Crippen LogP contribution in [0.3, 0.4) is 0 Å². The Kier molecular flexibility index (Phi) is 1.39. The maximum atomic E-state index is 2.18. The van der Waals surface area contributed by atoms with Crippen LogP contribution in [-0.2, 0) is 6.42 Å². The predicted octanol–water partition coefficient (Wildman–Crippen LogP) is 2.17. The van der Waals surface area contributed by atoms with Gasteiger partial charge in [0.05, 0.1) is 0 Å². The van der Waals surface area contributed by atoms with Gasteiger partial charge in [0.15, 0.2) is 0 Å². The summed E-state index contributed by atoms with van der Waals surface area (Å²) in [5, 5.41) is 0. The Morgan fingerprint density at radius 1 is 1.00 bits per heavy atom. The van der Waals surface area contributed by atoms with Gasteiger partial charge < -0.3 is 0 Å². The molecule has 0 unspecified atom stereocenters. The van der Waals surface area contributed by atoms with E-state index >= 15 is 0 Å². The summed E-state index contributed by atoms with van der Waals surface area (Å²) in [5.74, 6) is 0. The summed E-state index contributed by atoms with van der Waals surface area (Å²) in [6.07, 6.45) is 1.24. The molecule has 0 heterocycles. The third kappa shape index (κ3) is 0.781.